The molecule has 1 aliphatic carbocycles. The van der Waals surface area contributed by atoms with Crippen LogP contribution < -0.4 is 10.1 Å². The molecule has 28 heavy (non-hydrogen) atoms. The smallest absolute Gasteiger partial charge is 0.234 e. The van der Waals surface area contributed by atoms with Crippen molar-refractivity contribution in [3.63, 3.8) is 0 Å². The lowest BCUT2D eigenvalue weighted by molar-refractivity contribution is -0.113. The van der Waals surface area contributed by atoms with Gasteiger partial charge < -0.3 is 14.6 Å². The first-order valence-corrected chi connectivity index (χ1v) is 10.8. The molecule has 0 atom stereocenters. The van der Waals surface area contributed by atoms with Crippen LogP contribution in [0.3, 0.4) is 0 Å². The molecule has 0 unspecified atom stereocenters. The molecule has 1 aromatic heterocycles. The van der Waals surface area contributed by atoms with E-state index in [1.54, 1.807) is 25.3 Å². The molecule has 1 aliphatic rings. The average molecular weight is 421 g/mol. The molecule has 1 aromatic carbocycles. The van der Waals surface area contributed by atoms with Gasteiger partial charge in [0, 0.05) is 18.2 Å². The van der Waals surface area contributed by atoms with Crippen molar-refractivity contribution in [3.8, 4) is 5.75 Å². The van der Waals surface area contributed by atoms with E-state index in [1.807, 2.05) is 6.08 Å². The van der Waals surface area contributed by atoms with E-state index in [4.69, 9.17) is 16.3 Å². The standard InChI is InChI=1S/C20H25ClN4O2S/c1-3-11-25-19(14-7-5-4-6-8-14)23-24-20(25)28-13-18(26)22-15-9-10-17(27-2)16(21)12-15/h3,9-10,12,14H,1,4-8,11,13H2,2H3,(H,22,26). The van der Waals surface area contributed by atoms with E-state index < -0.39 is 0 Å². The van der Waals surface area contributed by atoms with Crippen LogP contribution in [0.4, 0.5) is 5.69 Å². The van der Waals surface area contributed by atoms with E-state index in [2.05, 4.69) is 26.7 Å². The van der Waals surface area contributed by atoms with Crippen molar-refractivity contribution >= 4 is 35.0 Å². The summed E-state index contributed by atoms with van der Waals surface area (Å²) >= 11 is 7.49. The molecule has 1 N–H and O–H groups in total. The van der Waals surface area contributed by atoms with Gasteiger partial charge in [-0.2, -0.15) is 0 Å². The normalized spacial score (nSPS) is 14.6. The zero-order valence-corrected chi connectivity index (χ0v) is 17.6. The number of hydrogen-bond acceptors (Lipinski definition) is 5. The monoisotopic (exact) mass is 420 g/mol. The second-order valence-corrected chi connectivity index (χ2v) is 8.11. The van der Waals surface area contributed by atoms with Crippen LogP contribution in [0.1, 0.15) is 43.8 Å². The second kappa shape index (κ2) is 9.98. The zero-order chi connectivity index (χ0) is 19.9. The molecule has 150 valence electrons. The molecule has 6 nitrogen and oxygen atoms in total. The van der Waals surface area contributed by atoms with E-state index in [-0.39, 0.29) is 11.7 Å². The van der Waals surface area contributed by atoms with Crippen molar-refractivity contribution in [2.75, 3.05) is 18.2 Å². The van der Waals surface area contributed by atoms with Gasteiger partial charge in [0.1, 0.15) is 11.6 Å². The Morgan fingerprint density at radius 3 is 2.86 bits per heavy atom. The van der Waals surface area contributed by atoms with Crippen LogP contribution in [0, 0.1) is 0 Å². The average Bonchev–Trinajstić information content (AvgIpc) is 3.10. The third kappa shape index (κ3) is 5.08. The molecular weight excluding hydrogens is 396 g/mol. The molecule has 1 amide bonds. The Morgan fingerprint density at radius 2 is 2.18 bits per heavy atom. The Labute approximate surface area is 174 Å². The molecule has 0 spiro atoms. The third-order valence-corrected chi connectivity index (χ3v) is 6.06. The van der Waals surface area contributed by atoms with E-state index in [1.165, 1.54) is 31.0 Å². The molecular formula is C20H25ClN4O2S. The number of aromatic nitrogens is 3. The van der Waals surface area contributed by atoms with Crippen molar-refractivity contribution in [2.24, 2.45) is 0 Å². The zero-order valence-electron chi connectivity index (χ0n) is 16.0. The van der Waals surface area contributed by atoms with Crippen LogP contribution in [0.5, 0.6) is 5.75 Å². The minimum absolute atomic E-state index is 0.126. The third-order valence-electron chi connectivity index (χ3n) is 4.80. The van der Waals surface area contributed by atoms with Crippen molar-refractivity contribution in [3.05, 3.63) is 41.7 Å². The number of allylic oxidation sites excluding steroid dienone is 1. The van der Waals surface area contributed by atoms with Gasteiger partial charge in [-0.1, -0.05) is 48.7 Å². The van der Waals surface area contributed by atoms with Crippen LogP contribution in [-0.4, -0.2) is 33.5 Å². The lowest BCUT2D eigenvalue weighted by atomic mass is 9.89. The number of benzene rings is 1. The van der Waals surface area contributed by atoms with Gasteiger partial charge in [-0.05, 0) is 31.0 Å². The summed E-state index contributed by atoms with van der Waals surface area (Å²) in [7, 11) is 1.55. The Bertz CT molecular complexity index is 834. The minimum atomic E-state index is -0.126. The highest BCUT2D eigenvalue weighted by molar-refractivity contribution is 7.99. The number of anilines is 1. The number of carbonyl (C=O) groups excluding carboxylic acids is 1. The van der Waals surface area contributed by atoms with Gasteiger partial charge in [-0.3, -0.25) is 4.79 Å². The number of carbonyl (C=O) groups is 1. The highest BCUT2D eigenvalue weighted by Gasteiger charge is 2.23. The minimum Gasteiger partial charge on any atom is -0.495 e. The number of halogens is 1. The number of thioether (sulfide) groups is 1. The van der Waals surface area contributed by atoms with Gasteiger partial charge in [0.2, 0.25) is 5.91 Å². The predicted octanol–water partition coefficient (Wildman–Crippen LogP) is 4.90. The van der Waals surface area contributed by atoms with Gasteiger partial charge in [-0.25, -0.2) is 0 Å². The van der Waals surface area contributed by atoms with E-state index in [9.17, 15) is 4.79 Å². The van der Waals surface area contributed by atoms with Gasteiger partial charge in [-0.15, -0.1) is 16.8 Å². The first-order valence-electron chi connectivity index (χ1n) is 9.42. The molecule has 8 heteroatoms. The van der Waals surface area contributed by atoms with Crippen molar-refractivity contribution in [2.45, 2.75) is 49.7 Å². The summed E-state index contributed by atoms with van der Waals surface area (Å²) in [5, 5.41) is 12.8. The highest BCUT2D eigenvalue weighted by Crippen LogP contribution is 2.33. The molecule has 3 rings (SSSR count). The van der Waals surface area contributed by atoms with Crippen LogP contribution in [0.2, 0.25) is 5.02 Å². The number of nitrogens with zero attached hydrogens (tertiary/aromatic N) is 3. The van der Waals surface area contributed by atoms with Crippen molar-refractivity contribution < 1.29 is 9.53 Å². The quantitative estimate of drug-likeness (QED) is 0.485. The first kappa shape index (κ1) is 20.7. The maximum atomic E-state index is 12.3. The molecule has 0 aliphatic heterocycles. The number of methoxy groups -OCH3 is 1. The largest absolute Gasteiger partial charge is 0.495 e. The van der Waals surface area contributed by atoms with Crippen molar-refractivity contribution in [1.29, 1.82) is 0 Å². The van der Waals surface area contributed by atoms with Crippen LogP contribution in [0.25, 0.3) is 0 Å². The fourth-order valence-corrected chi connectivity index (χ4v) is 4.45. The Balaban J connectivity index is 1.63. The van der Waals surface area contributed by atoms with E-state index in [0.717, 1.165) is 23.8 Å². The number of ether oxygens (including phenoxy) is 1. The maximum Gasteiger partial charge on any atom is 0.234 e. The molecule has 2 aromatic rings. The summed E-state index contributed by atoms with van der Waals surface area (Å²) in [5.74, 6) is 2.15. The number of rotatable bonds is 8. The van der Waals surface area contributed by atoms with Gasteiger partial charge in [0.05, 0.1) is 17.9 Å². The number of nitrogens with one attached hydrogen (secondary N) is 1. The topological polar surface area (TPSA) is 69.0 Å². The maximum absolute atomic E-state index is 12.3. The van der Waals surface area contributed by atoms with Gasteiger partial charge >= 0.3 is 0 Å². The summed E-state index contributed by atoms with van der Waals surface area (Å²) < 4.78 is 7.21. The summed E-state index contributed by atoms with van der Waals surface area (Å²) in [6.45, 7) is 4.50. The summed E-state index contributed by atoms with van der Waals surface area (Å²) in [6, 6.07) is 5.15. The number of amides is 1. The van der Waals surface area contributed by atoms with Crippen LogP contribution >= 0.6 is 23.4 Å². The van der Waals surface area contributed by atoms with E-state index in [0.29, 0.717) is 28.9 Å². The van der Waals surface area contributed by atoms with Crippen LogP contribution in [-0.2, 0) is 11.3 Å². The van der Waals surface area contributed by atoms with Crippen molar-refractivity contribution in [1.82, 2.24) is 14.8 Å². The fraction of sp³-hybridized carbons (Fsp3) is 0.450. The SMILES string of the molecule is C=CCn1c(SCC(=O)Nc2ccc(OC)c(Cl)c2)nnc1C1CCCCC1. The summed E-state index contributed by atoms with van der Waals surface area (Å²) in [4.78, 5) is 12.3. The first-order chi connectivity index (χ1) is 13.6. The molecule has 1 fully saturated rings. The highest BCUT2D eigenvalue weighted by atomic mass is 35.5. The Kier molecular flexibility index (Phi) is 7.39. The molecule has 0 radical (unpaired) electrons. The molecule has 1 saturated carbocycles. The lowest BCUT2D eigenvalue weighted by Gasteiger charge is -2.21. The summed E-state index contributed by atoms with van der Waals surface area (Å²) in [5.41, 5.74) is 0.631. The molecule has 0 saturated heterocycles. The summed E-state index contributed by atoms with van der Waals surface area (Å²) in [6.07, 6.45) is 7.92. The Morgan fingerprint density at radius 1 is 1.39 bits per heavy atom. The second-order valence-electron chi connectivity index (χ2n) is 6.76. The Hall–Kier alpha value is -1.99. The van der Waals surface area contributed by atoms with E-state index >= 15 is 0 Å². The molecule has 1 heterocycles. The number of hydrogen-bond donors (Lipinski definition) is 1. The fourth-order valence-electron chi connectivity index (χ4n) is 3.44. The predicted molar refractivity (Wildman–Crippen MR) is 113 cm³/mol. The van der Waals surface area contributed by atoms with Crippen LogP contribution in [0.15, 0.2) is 36.0 Å². The molecule has 0 bridgehead atoms. The van der Waals surface area contributed by atoms with Gasteiger partial charge in [0.25, 0.3) is 0 Å². The lowest BCUT2D eigenvalue weighted by Crippen LogP contribution is -2.15. The van der Waals surface area contributed by atoms with Gasteiger partial charge in [0.15, 0.2) is 5.16 Å².